The van der Waals surface area contributed by atoms with Gasteiger partial charge in [-0.15, -0.1) is 0 Å². The molecule has 0 radical (unpaired) electrons. The van der Waals surface area contributed by atoms with E-state index in [2.05, 4.69) is 10.6 Å². The van der Waals surface area contributed by atoms with Gasteiger partial charge in [0.05, 0.1) is 5.37 Å². The van der Waals surface area contributed by atoms with Gasteiger partial charge in [-0.3, -0.25) is 9.59 Å². The largest absolute Gasteiger partial charge is 0.479 e. The summed E-state index contributed by atoms with van der Waals surface area (Å²) < 4.78 is 4.83. The minimum absolute atomic E-state index is 0.253. The molecule has 24 heavy (non-hydrogen) atoms. The average molecular weight is 352 g/mol. The molecule has 2 amide bonds. The SMILES string of the molecule is CC(C)CC(NC(=O)C1OC1C(=O)O)SC(=O)Nc1ccccc1. The number of amides is 2. The highest BCUT2D eigenvalue weighted by atomic mass is 32.2. The van der Waals surface area contributed by atoms with Crippen molar-refractivity contribution < 1.29 is 24.2 Å². The molecule has 3 N–H and O–H groups in total. The Bertz CT molecular complexity index is 608. The Hall–Kier alpha value is -2.06. The zero-order chi connectivity index (χ0) is 17.7. The third-order valence-electron chi connectivity index (χ3n) is 3.25. The zero-order valence-corrected chi connectivity index (χ0v) is 14.2. The lowest BCUT2D eigenvalue weighted by Crippen LogP contribution is -2.38. The van der Waals surface area contributed by atoms with Crippen molar-refractivity contribution in [3.8, 4) is 0 Å². The number of carboxylic acid groups (broad SMARTS) is 1. The van der Waals surface area contributed by atoms with E-state index in [9.17, 15) is 14.4 Å². The van der Waals surface area contributed by atoms with Crippen LogP contribution in [0, 0.1) is 5.92 Å². The minimum atomic E-state index is -1.16. The number of epoxide rings is 1. The average Bonchev–Trinajstić information content (AvgIpc) is 3.28. The van der Waals surface area contributed by atoms with E-state index in [1.807, 2.05) is 32.0 Å². The van der Waals surface area contributed by atoms with E-state index in [1.165, 1.54) is 0 Å². The second kappa shape index (κ2) is 8.16. The van der Waals surface area contributed by atoms with Crippen LogP contribution in [0.5, 0.6) is 0 Å². The summed E-state index contributed by atoms with van der Waals surface area (Å²) in [5, 5.41) is 13.5. The van der Waals surface area contributed by atoms with Crippen molar-refractivity contribution in [1.82, 2.24) is 5.32 Å². The Kier molecular flexibility index (Phi) is 6.22. The molecule has 0 aliphatic carbocycles. The van der Waals surface area contributed by atoms with Gasteiger partial charge in [0.15, 0.2) is 12.2 Å². The van der Waals surface area contributed by atoms with Crippen molar-refractivity contribution in [3.05, 3.63) is 30.3 Å². The van der Waals surface area contributed by atoms with E-state index in [4.69, 9.17) is 9.84 Å². The summed E-state index contributed by atoms with van der Waals surface area (Å²) in [4.78, 5) is 34.9. The van der Waals surface area contributed by atoms with Crippen molar-refractivity contribution >= 4 is 34.6 Å². The molecule has 3 unspecified atom stereocenters. The first kappa shape index (κ1) is 18.3. The lowest BCUT2D eigenvalue weighted by molar-refractivity contribution is -0.138. The monoisotopic (exact) mass is 352 g/mol. The smallest absolute Gasteiger partial charge is 0.336 e. The van der Waals surface area contributed by atoms with Crippen LogP contribution in [0.2, 0.25) is 0 Å². The van der Waals surface area contributed by atoms with E-state index in [-0.39, 0.29) is 11.2 Å². The predicted molar refractivity (Wildman–Crippen MR) is 90.7 cm³/mol. The van der Waals surface area contributed by atoms with E-state index in [0.717, 1.165) is 11.8 Å². The van der Waals surface area contributed by atoms with Crippen LogP contribution < -0.4 is 10.6 Å². The van der Waals surface area contributed by atoms with Crippen LogP contribution >= 0.6 is 11.8 Å². The number of anilines is 1. The summed E-state index contributed by atoms with van der Waals surface area (Å²) in [7, 11) is 0. The number of carbonyl (C=O) groups is 3. The summed E-state index contributed by atoms with van der Waals surface area (Å²) in [6.07, 6.45) is -1.49. The van der Waals surface area contributed by atoms with Crippen LogP contribution in [0.4, 0.5) is 10.5 Å². The predicted octanol–water partition coefficient (Wildman–Crippen LogP) is 2.29. The second-order valence-electron chi connectivity index (χ2n) is 5.84. The Morgan fingerprint density at radius 1 is 1.21 bits per heavy atom. The molecule has 1 aliphatic rings. The highest BCUT2D eigenvalue weighted by molar-refractivity contribution is 8.14. The summed E-state index contributed by atoms with van der Waals surface area (Å²) in [5.41, 5.74) is 0.668. The number of carboxylic acids is 1. The highest BCUT2D eigenvalue weighted by Crippen LogP contribution is 2.25. The molecule has 3 atom stereocenters. The number of rotatable bonds is 7. The van der Waals surface area contributed by atoms with Crippen molar-refractivity contribution in [2.24, 2.45) is 5.92 Å². The first-order chi connectivity index (χ1) is 11.4. The van der Waals surface area contributed by atoms with Gasteiger partial charge in [-0.2, -0.15) is 0 Å². The maximum Gasteiger partial charge on any atom is 0.336 e. The standard InChI is InChI=1S/C16H20N2O5S/c1-9(2)8-11(18-14(19)12-13(23-12)15(20)21)24-16(22)17-10-6-4-3-5-7-10/h3-7,9,11-13H,8H2,1-2H3,(H,17,22)(H,18,19)(H,20,21). The highest BCUT2D eigenvalue weighted by Gasteiger charge is 2.51. The minimum Gasteiger partial charge on any atom is -0.479 e. The summed E-state index contributed by atoms with van der Waals surface area (Å²) in [6.45, 7) is 3.95. The molecular formula is C16H20N2O5S. The second-order valence-corrected chi connectivity index (χ2v) is 7.01. The number of benzene rings is 1. The lowest BCUT2D eigenvalue weighted by atomic mass is 10.1. The maximum atomic E-state index is 12.1. The number of aliphatic carboxylic acids is 1. The number of thioether (sulfide) groups is 1. The fourth-order valence-electron chi connectivity index (χ4n) is 2.10. The Balaban J connectivity index is 1.89. The molecule has 130 valence electrons. The summed E-state index contributed by atoms with van der Waals surface area (Å²) >= 11 is 0.966. The van der Waals surface area contributed by atoms with Crippen LogP contribution in [-0.4, -0.2) is 39.8 Å². The van der Waals surface area contributed by atoms with Crippen molar-refractivity contribution in [2.75, 3.05) is 5.32 Å². The van der Waals surface area contributed by atoms with Gasteiger partial charge in [-0.1, -0.05) is 32.0 Å². The topological polar surface area (TPSA) is 108 Å². The Morgan fingerprint density at radius 3 is 2.42 bits per heavy atom. The lowest BCUT2D eigenvalue weighted by Gasteiger charge is -2.19. The van der Waals surface area contributed by atoms with Crippen molar-refractivity contribution in [2.45, 2.75) is 37.9 Å². The van der Waals surface area contributed by atoms with Gasteiger partial charge < -0.3 is 20.5 Å². The van der Waals surface area contributed by atoms with Gasteiger partial charge >= 0.3 is 5.97 Å². The van der Waals surface area contributed by atoms with Gasteiger partial charge in [0.25, 0.3) is 11.1 Å². The van der Waals surface area contributed by atoms with Crippen molar-refractivity contribution in [3.63, 3.8) is 0 Å². The molecule has 1 aromatic carbocycles. The molecule has 7 nitrogen and oxygen atoms in total. The molecule has 1 aliphatic heterocycles. The number of para-hydroxylation sites is 1. The van der Waals surface area contributed by atoms with E-state index < -0.39 is 29.5 Å². The van der Waals surface area contributed by atoms with Crippen LogP contribution in [0.15, 0.2) is 30.3 Å². The molecule has 1 fully saturated rings. The first-order valence-electron chi connectivity index (χ1n) is 7.58. The maximum absolute atomic E-state index is 12.1. The van der Waals surface area contributed by atoms with E-state index >= 15 is 0 Å². The third-order valence-corrected chi connectivity index (χ3v) is 4.16. The number of hydrogen-bond acceptors (Lipinski definition) is 5. The Morgan fingerprint density at radius 2 is 1.88 bits per heavy atom. The summed E-state index contributed by atoms with van der Waals surface area (Å²) in [5.74, 6) is -1.42. The first-order valence-corrected chi connectivity index (χ1v) is 8.46. The fourth-order valence-corrected chi connectivity index (χ4v) is 3.19. The molecule has 0 spiro atoms. The molecule has 1 aromatic rings. The summed E-state index contributed by atoms with van der Waals surface area (Å²) in [6, 6.07) is 9.00. The molecule has 0 saturated carbocycles. The van der Waals surface area contributed by atoms with Gasteiger partial charge in [-0.05, 0) is 36.2 Å². The van der Waals surface area contributed by atoms with E-state index in [0.29, 0.717) is 12.1 Å². The number of carbonyl (C=O) groups excluding carboxylic acids is 2. The molecule has 1 heterocycles. The quantitative estimate of drug-likeness (QED) is 0.513. The van der Waals surface area contributed by atoms with E-state index in [1.54, 1.807) is 12.1 Å². The molecule has 0 bridgehead atoms. The normalized spacial score (nSPS) is 20.3. The van der Waals surface area contributed by atoms with Gasteiger partial charge in [0.1, 0.15) is 0 Å². The number of ether oxygens (including phenoxy) is 1. The number of hydrogen-bond donors (Lipinski definition) is 3. The zero-order valence-electron chi connectivity index (χ0n) is 13.4. The van der Waals surface area contributed by atoms with Crippen LogP contribution in [0.3, 0.4) is 0 Å². The fraction of sp³-hybridized carbons (Fsp3) is 0.438. The van der Waals surface area contributed by atoms with Crippen LogP contribution in [0.25, 0.3) is 0 Å². The van der Waals surface area contributed by atoms with Gasteiger partial charge in [0, 0.05) is 5.69 Å². The molecule has 2 rings (SSSR count). The third kappa shape index (κ3) is 5.54. The van der Waals surface area contributed by atoms with Crippen LogP contribution in [-0.2, 0) is 14.3 Å². The number of nitrogens with one attached hydrogen (secondary N) is 2. The van der Waals surface area contributed by atoms with Gasteiger partial charge in [-0.25, -0.2) is 4.79 Å². The van der Waals surface area contributed by atoms with Crippen LogP contribution in [0.1, 0.15) is 20.3 Å². The molecule has 8 heteroatoms. The van der Waals surface area contributed by atoms with Gasteiger partial charge in [0.2, 0.25) is 0 Å². The Labute approximate surface area is 144 Å². The molecule has 1 saturated heterocycles. The van der Waals surface area contributed by atoms with Crippen molar-refractivity contribution in [1.29, 1.82) is 0 Å². The molecule has 0 aromatic heterocycles. The molecular weight excluding hydrogens is 332 g/mol.